The van der Waals surface area contributed by atoms with Gasteiger partial charge in [0.1, 0.15) is 18.2 Å². The van der Waals surface area contributed by atoms with Crippen molar-refractivity contribution in [1.29, 1.82) is 15.8 Å². The molecule has 0 spiro atoms. The first-order chi connectivity index (χ1) is 11.3. The zero-order valence-electron chi connectivity index (χ0n) is 11.4. The van der Waals surface area contributed by atoms with E-state index in [2.05, 4.69) is 5.32 Å². The van der Waals surface area contributed by atoms with Crippen molar-refractivity contribution in [3.8, 4) is 18.2 Å². The van der Waals surface area contributed by atoms with E-state index in [1.165, 1.54) is 12.1 Å². The molecule has 0 bridgehead atoms. The molecule has 2 aromatic rings. The second-order valence-corrected chi connectivity index (χ2v) is 6.32. The van der Waals surface area contributed by atoms with Crippen molar-refractivity contribution in [2.75, 3.05) is 5.32 Å². The second kappa shape index (κ2) is 7.37. The zero-order chi connectivity index (χ0) is 18.0. The molecule has 0 saturated heterocycles. The highest BCUT2D eigenvalue weighted by Gasteiger charge is 2.23. The molecule has 0 aliphatic rings. The maximum Gasteiger partial charge on any atom is 0.103 e. The van der Waals surface area contributed by atoms with Gasteiger partial charge in [-0.25, -0.2) is 0 Å². The van der Waals surface area contributed by atoms with E-state index in [9.17, 15) is 10.5 Å². The fourth-order valence-electron chi connectivity index (χ4n) is 1.89. The van der Waals surface area contributed by atoms with E-state index >= 15 is 0 Å². The van der Waals surface area contributed by atoms with E-state index in [1.807, 2.05) is 12.1 Å². The maximum absolute atomic E-state index is 9.35. The number of rotatable bonds is 2. The van der Waals surface area contributed by atoms with Gasteiger partial charge in [-0.05, 0) is 12.1 Å². The topological polar surface area (TPSA) is 83.4 Å². The molecule has 0 unspecified atom stereocenters. The number of benzene rings is 2. The van der Waals surface area contributed by atoms with Crippen LogP contribution < -0.4 is 5.32 Å². The summed E-state index contributed by atoms with van der Waals surface area (Å²) in [4.78, 5) is 0. The van der Waals surface area contributed by atoms with Gasteiger partial charge in [0.15, 0.2) is 0 Å². The lowest BCUT2D eigenvalue weighted by Gasteiger charge is -2.16. The third kappa shape index (κ3) is 3.19. The van der Waals surface area contributed by atoms with Gasteiger partial charge < -0.3 is 5.32 Å². The van der Waals surface area contributed by atoms with Crippen molar-refractivity contribution >= 4 is 69.4 Å². The number of nitriles is 3. The molecule has 118 valence electrons. The lowest BCUT2D eigenvalue weighted by molar-refractivity contribution is 1.42. The molecule has 2 aromatic carbocycles. The van der Waals surface area contributed by atoms with Crippen LogP contribution >= 0.6 is 58.0 Å². The van der Waals surface area contributed by atoms with Gasteiger partial charge in [0.25, 0.3) is 0 Å². The van der Waals surface area contributed by atoms with Crippen LogP contribution in [-0.4, -0.2) is 0 Å². The fourth-order valence-corrected chi connectivity index (χ4v) is 3.22. The molecule has 0 aliphatic heterocycles. The Labute approximate surface area is 162 Å². The van der Waals surface area contributed by atoms with Crippen LogP contribution in [0.4, 0.5) is 11.4 Å². The number of nitrogens with zero attached hydrogens (tertiary/aromatic N) is 3. The Balaban J connectivity index is 2.76. The fraction of sp³-hybridized carbons (Fsp3) is 0. The summed E-state index contributed by atoms with van der Waals surface area (Å²) in [6.45, 7) is 0. The van der Waals surface area contributed by atoms with E-state index in [1.54, 1.807) is 6.07 Å². The summed E-state index contributed by atoms with van der Waals surface area (Å²) in [5.41, 5.74) is 0.127. The van der Waals surface area contributed by atoms with Gasteiger partial charge in [-0.3, -0.25) is 0 Å². The molecular weight excluding hydrogens is 413 g/mol. The predicted molar refractivity (Wildman–Crippen MR) is 95.4 cm³/mol. The van der Waals surface area contributed by atoms with Gasteiger partial charge in [0, 0.05) is 5.02 Å². The highest BCUT2D eigenvalue weighted by Crippen LogP contribution is 2.43. The molecule has 0 saturated carbocycles. The van der Waals surface area contributed by atoms with Crippen LogP contribution in [-0.2, 0) is 0 Å². The van der Waals surface area contributed by atoms with E-state index in [0.29, 0.717) is 0 Å². The minimum Gasteiger partial charge on any atom is -0.351 e. The van der Waals surface area contributed by atoms with Crippen molar-refractivity contribution in [1.82, 2.24) is 0 Å². The van der Waals surface area contributed by atoms with Crippen LogP contribution in [0.15, 0.2) is 12.1 Å². The molecule has 0 aromatic heterocycles. The van der Waals surface area contributed by atoms with Gasteiger partial charge in [-0.1, -0.05) is 58.0 Å². The molecule has 2 rings (SSSR count). The van der Waals surface area contributed by atoms with E-state index in [0.717, 1.165) is 0 Å². The highest BCUT2D eigenvalue weighted by atomic mass is 35.5. The second-order valence-electron chi connectivity index (χ2n) is 4.34. The van der Waals surface area contributed by atoms with Crippen LogP contribution in [0.2, 0.25) is 25.1 Å². The van der Waals surface area contributed by atoms with Crippen molar-refractivity contribution < 1.29 is 0 Å². The minimum absolute atomic E-state index is 0.0360. The van der Waals surface area contributed by atoms with Gasteiger partial charge in [-0.15, -0.1) is 0 Å². The van der Waals surface area contributed by atoms with Crippen LogP contribution in [0, 0.1) is 34.0 Å². The average molecular weight is 416 g/mol. The van der Waals surface area contributed by atoms with Gasteiger partial charge in [-0.2, -0.15) is 15.8 Å². The number of halogens is 5. The Morgan fingerprint density at radius 3 is 1.88 bits per heavy atom. The molecule has 1 N–H and O–H groups in total. The smallest absolute Gasteiger partial charge is 0.103 e. The number of hydrogen-bond acceptors (Lipinski definition) is 4. The van der Waals surface area contributed by atoms with E-state index in [4.69, 9.17) is 63.3 Å². The number of anilines is 2. The normalized spacial score (nSPS) is 9.75. The average Bonchev–Trinajstić information content (AvgIpc) is 2.54. The number of hydrogen-bond donors (Lipinski definition) is 1. The molecule has 0 amide bonds. The Kier molecular flexibility index (Phi) is 5.68. The first-order valence-corrected chi connectivity index (χ1v) is 7.91. The standard InChI is InChI=1S/C15H3Cl5N4/c16-7-1-6(3-21)14(10(17)2-7)24-15-9(5-23)11(18)8(4-22)12(19)13(15)20/h1-2,24H. The van der Waals surface area contributed by atoms with Crippen molar-refractivity contribution in [2.24, 2.45) is 0 Å². The van der Waals surface area contributed by atoms with Crippen LogP contribution in [0.3, 0.4) is 0 Å². The van der Waals surface area contributed by atoms with Gasteiger partial charge >= 0.3 is 0 Å². The molecular formula is C15H3Cl5N4. The lowest BCUT2D eigenvalue weighted by Crippen LogP contribution is -2.01. The summed E-state index contributed by atoms with van der Waals surface area (Å²) in [7, 11) is 0. The monoisotopic (exact) mass is 414 g/mol. The van der Waals surface area contributed by atoms with E-state index in [-0.39, 0.29) is 53.2 Å². The van der Waals surface area contributed by atoms with E-state index < -0.39 is 0 Å². The van der Waals surface area contributed by atoms with Crippen LogP contribution in [0.25, 0.3) is 0 Å². The van der Waals surface area contributed by atoms with Crippen LogP contribution in [0.5, 0.6) is 0 Å². The summed E-state index contributed by atoms with van der Waals surface area (Å²) in [6, 6.07) is 8.38. The van der Waals surface area contributed by atoms with Gasteiger partial charge in [0.05, 0.1) is 48.2 Å². The first-order valence-electron chi connectivity index (χ1n) is 6.02. The summed E-state index contributed by atoms with van der Waals surface area (Å²) >= 11 is 30.2. The van der Waals surface area contributed by atoms with Crippen molar-refractivity contribution in [3.05, 3.63) is 53.9 Å². The SMILES string of the molecule is N#Cc1cc(Cl)cc(Cl)c1Nc1c(Cl)c(Cl)c(C#N)c(Cl)c1C#N. The molecule has 0 radical (unpaired) electrons. The van der Waals surface area contributed by atoms with Gasteiger partial charge in [0.2, 0.25) is 0 Å². The summed E-state index contributed by atoms with van der Waals surface area (Å²) in [6.07, 6.45) is 0. The highest BCUT2D eigenvalue weighted by molar-refractivity contribution is 6.47. The Morgan fingerprint density at radius 2 is 1.33 bits per heavy atom. The summed E-state index contributed by atoms with van der Waals surface area (Å²) < 4.78 is 0. The van der Waals surface area contributed by atoms with Crippen molar-refractivity contribution in [3.63, 3.8) is 0 Å². The van der Waals surface area contributed by atoms with Crippen LogP contribution in [0.1, 0.15) is 16.7 Å². The Hall–Kier alpha value is -1.84. The third-order valence-electron chi connectivity index (χ3n) is 2.97. The summed E-state index contributed by atoms with van der Waals surface area (Å²) in [5, 5.41) is 30.5. The van der Waals surface area contributed by atoms with Crippen molar-refractivity contribution in [2.45, 2.75) is 0 Å². The Morgan fingerprint density at radius 1 is 0.708 bits per heavy atom. The third-order valence-corrected chi connectivity index (χ3v) is 4.72. The zero-order valence-corrected chi connectivity index (χ0v) is 15.2. The quantitative estimate of drug-likeness (QED) is 0.581. The summed E-state index contributed by atoms with van der Waals surface area (Å²) in [5.74, 6) is 0. The molecule has 0 atom stereocenters. The predicted octanol–water partition coefficient (Wildman–Crippen LogP) is 6.31. The Bertz CT molecular complexity index is 980. The number of nitrogens with one attached hydrogen (secondary N) is 1. The molecule has 0 aliphatic carbocycles. The molecule has 9 heteroatoms. The maximum atomic E-state index is 9.35. The molecule has 0 heterocycles. The first kappa shape index (κ1) is 18.5. The minimum atomic E-state index is -0.152. The molecule has 4 nitrogen and oxygen atoms in total. The largest absolute Gasteiger partial charge is 0.351 e. The molecule has 24 heavy (non-hydrogen) atoms. The lowest BCUT2D eigenvalue weighted by atomic mass is 10.1. The molecule has 0 fully saturated rings.